The van der Waals surface area contributed by atoms with Crippen LogP contribution in [0.15, 0.2) is 103 Å². The van der Waals surface area contributed by atoms with Crippen LogP contribution in [0.4, 0.5) is 0 Å². The monoisotopic (exact) mass is 552 g/mol. The zero-order valence-electron chi connectivity index (χ0n) is 20.4. The largest absolute Gasteiger partial charge is 0.368 e. The van der Waals surface area contributed by atoms with Crippen molar-refractivity contribution < 1.29 is 23.7 Å². The Hall–Kier alpha value is -2.32. The number of methoxy groups -OCH3 is 1. The van der Waals surface area contributed by atoms with Crippen molar-refractivity contribution in [2.75, 3.05) is 12.4 Å². The van der Waals surface area contributed by atoms with Crippen LogP contribution in [0.2, 0.25) is 0 Å². The van der Waals surface area contributed by atoms with Crippen LogP contribution < -0.4 is 0 Å². The first kappa shape index (κ1) is 26.7. The van der Waals surface area contributed by atoms with E-state index in [1.165, 1.54) is 0 Å². The number of hydrogen-bond donors (Lipinski definition) is 0. The number of alkyl halides is 1. The van der Waals surface area contributed by atoms with Crippen LogP contribution in [0.5, 0.6) is 0 Å². The molecule has 3 aromatic carbocycles. The molecule has 0 aliphatic carbocycles. The fraction of sp³-hybridized carbons (Fsp3) is 0.333. The van der Waals surface area contributed by atoms with E-state index in [1.807, 2.05) is 91.0 Å². The van der Waals surface area contributed by atoms with Crippen LogP contribution in [0.3, 0.4) is 0 Å². The topological polar surface area (TPSA) is 46.2 Å². The maximum atomic E-state index is 6.56. The number of allylic oxidation sites excluding steroid dienone is 1. The molecule has 6 heteroatoms. The van der Waals surface area contributed by atoms with E-state index in [-0.39, 0.29) is 6.10 Å². The van der Waals surface area contributed by atoms with Gasteiger partial charge in [0.15, 0.2) is 6.29 Å². The summed E-state index contributed by atoms with van der Waals surface area (Å²) in [5, 5.41) is 0.708. The van der Waals surface area contributed by atoms with Gasteiger partial charge in [-0.05, 0) is 16.7 Å². The lowest BCUT2D eigenvalue weighted by molar-refractivity contribution is -0.309. The second kappa shape index (κ2) is 14.4. The second-order valence-corrected chi connectivity index (χ2v) is 9.22. The highest BCUT2D eigenvalue weighted by Gasteiger charge is 2.47. The van der Waals surface area contributed by atoms with Gasteiger partial charge in [-0.3, -0.25) is 0 Å². The number of halogens is 1. The van der Waals surface area contributed by atoms with Crippen LogP contribution in [0, 0.1) is 0 Å². The van der Waals surface area contributed by atoms with E-state index in [1.54, 1.807) is 7.11 Å². The van der Waals surface area contributed by atoms with E-state index in [9.17, 15) is 0 Å². The number of benzene rings is 3. The molecule has 36 heavy (non-hydrogen) atoms. The summed E-state index contributed by atoms with van der Waals surface area (Å²) in [6.45, 7) is 1.27. The molecule has 0 aromatic heterocycles. The predicted molar refractivity (Wildman–Crippen MR) is 144 cm³/mol. The molecule has 190 valence electrons. The summed E-state index contributed by atoms with van der Waals surface area (Å²) in [6, 6.07) is 30.3. The Morgan fingerprint density at radius 1 is 0.667 bits per heavy atom. The molecule has 0 amide bonds. The van der Waals surface area contributed by atoms with Gasteiger partial charge in [-0.25, -0.2) is 0 Å². The van der Waals surface area contributed by atoms with Crippen LogP contribution in [-0.2, 0) is 43.5 Å². The van der Waals surface area contributed by atoms with Gasteiger partial charge >= 0.3 is 0 Å². The van der Waals surface area contributed by atoms with Gasteiger partial charge in [0.25, 0.3) is 0 Å². The third-order valence-electron chi connectivity index (χ3n) is 6.03. The van der Waals surface area contributed by atoms with Crippen molar-refractivity contribution in [1.29, 1.82) is 0 Å². The molecule has 0 radical (unpaired) electrons. The van der Waals surface area contributed by atoms with Gasteiger partial charge in [-0.1, -0.05) is 119 Å². The minimum atomic E-state index is -0.615. The first-order chi connectivity index (χ1) is 17.8. The summed E-state index contributed by atoms with van der Waals surface area (Å²) in [6.07, 6.45) is 1.70. The maximum Gasteiger partial charge on any atom is 0.186 e. The zero-order valence-corrected chi connectivity index (χ0v) is 22.0. The number of rotatable bonds is 12. The van der Waals surface area contributed by atoms with Crippen molar-refractivity contribution in [2.24, 2.45) is 0 Å². The molecule has 3 aromatic rings. The Morgan fingerprint density at radius 2 is 1.11 bits per heavy atom. The molecule has 0 N–H and O–H groups in total. The Bertz CT molecular complexity index is 1030. The van der Waals surface area contributed by atoms with Crippen molar-refractivity contribution in [3.63, 3.8) is 0 Å². The third kappa shape index (κ3) is 7.59. The molecular formula is C30H33BrO5. The molecule has 1 heterocycles. The van der Waals surface area contributed by atoms with E-state index in [0.717, 1.165) is 16.7 Å². The first-order valence-electron chi connectivity index (χ1n) is 12.2. The maximum absolute atomic E-state index is 6.56. The Morgan fingerprint density at radius 3 is 1.56 bits per heavy atom. The molecule has 1 aliphatic heterocycles. The molecule has 1 aliphatic rings. The molecule has 0 saturated carbocycles. The van der Waals surface area contributed by atoms with Gasteiger partial charge < -0.3 is 23.7 Å². The lowest BCUT2D eigenvalue weighted by Crippen LogP contribution is -2.60. The Balaban J connectivity index is 1.60. The fourth-order valence-electron chi connectivity index (χ4n) is 4.22. The Labute approximate surface area is 222 Å². The smallest absolute Gasteiger partial charge is 0.186 e. The van der Waals surface area contributed by atoms with Crippen molar-refractivity contribution in [2.45, 2.75) is 50.5 Å². The van der Waals surface area contributed by atoms with E-state index < -0.39 is 24.6 Å². The summed E-state index contributed by atoms with van der Waals surface area (Å²) in [5.41, 5.74) is 3.23. The average molecular weight is 553 g/mol. The molecule has 0 unspecified atom stereocenters. The molecule has 1 fully saturated rings. The van der Waals surface area contributed by atoms with Gasteiger partial charge in [0.05, 0.1) is 19.8 Å². The molecule has 0 bridgehead atoms. The van der Waals surface area contributed by atoms with Crippen molar-refractivity contribution in [1.82, 2.24) is 0 Å². The predicted octanol–water partition coefficient (Wildman–Crippen LogP) is 6.07. The SMILES string of the molecule is CO[C@@H]1O[C@H](/C=C\CBr)[C@H](OCc2ccccc2)[C@H](OCc2ccccc2)[C@H]1OCc1ccccc1. The van der Waals surface area contributed by atoms with Gasteiger partial charge in [0.1, 0.15) is 24.4 Å². The van der Waals surface area contributed by atoms with Crippen LogP contribution in [0.1, 0.15) is 16.7 Å². The van der Waals surface area contributed by atoms with E-state index >= 15 is 0 Å². The van der Waals surface area contributed by atoms with Gasteiger partial charge in [-0.2, -0.15) is 0 Å². The molecule has 1 saturated heterocycles. The van der Waals surface area contributed by atoms with E-state index in [2.05, 4.69) is 28.1 Å². The minimum Gasteiger partial charge on any atom is -0.368 e. The quantitative estimate of drug-likeness (QED) is 0.202. The first-order valence-corrected chi connectivity index (χ1v) is 13.3. The average Bonchev–Trinajstić information content (AvgIpc) is 2.94. The molecule has 0 spiro atoms. The zero-order chi connectivity index (χ0) is 25.0. The second-order valence-electron chi connectivity index (χ2n) is 8.57. The molecule has 4 rings (SSSR count). The highest BCUT2D eigenvalue weighted by Crippen LogP contribution is 2.31. The highest BCUT2D eigenvalue weighted by molar-refractivity contribution is 9.09. The summed E-state index contributed by atoms with van der Waals surface area (Å²) in [4.78, 5) is 0. The molecule has 5 nitrogen and oxygen atoms in total. The lowest BCUT2D eigenvalue weighted by atomic mass is 9.97. The summed E-state index contributed by atoms with van der Waals surface area (Å²) in [5.74, 6) is 0. The third-order valence-corrected chi connectivity index (χ3v) is 6.41. The van der Waals surface area contributed by atoms with Gasteiger partial charge in [0, 0.05) is 12.4 Å². The van der Waals surface area contributed by atoms with Gasteiger partial charge in [0.2, 0.25) is 0 Å². The minimum absolute atomic E-state index is 0.367. The van der Waals surface area contributed by atoms with Crippen LogP contribution in [0.25, 0.3) is 0 Å². The van der Waals surface area contributed by atoms with Crippen molar-refractivity contribution in [3.05, 3.63) is 120 Å². The summed E-state index contributed by atoms with van der Waals surface area (Å²) >= 11 is 3.47. The van der Waals surface area contributed by atoms with E-state index in [4.69, 9.17) is 23.7 Å². The summed E-state index contributed by atoms with van der Waals surface area (Å²) in [7, 11) is 1.63. The Kier molecular flexibility index (Phi) is 10.7. The molecule has 5 atom stereocenters. The number of ether oxygens (including phenoxy) is 5. The van der Waals surface area contributed by atoms with Gasteiger partial charge in [-0.15, -0.1) is 0 Å². The van der Waals surface area contributed by atoms with E-state index in [0.29, 0.717) is 25.2 Å². The van der Waals surface area contributed by atoms with Crippen molar-refractivity contribution >= 4 is 15.9 Å². The highest BCUT2D eigenvalue weighted by atomic mass is 79.9. The molecular weight excluding hydrogens is 520 g/mol. The van der Waals surface area contributed by atoms with Crippen molar-refractivity contribution in [3.8, 4) is 0 Å². The summed E-state index contributed by atoms with van der Waals surface area (Å²) < 4.78 is 31.6. The lowest BCUT2D eigenvalue weighted by Gasteiger charge is -2.45. The van der Waals surface area contributed by atoms with Crippen LogP contribution >= 0.6 is 15.9 Å². The normalized spacial score (nSPS) is 24.2. The van der Waals surface area contributed by atoms with Crippen LogP contribution in [-0.4, -0.2) is 43.1 Å². The standard InChI is InChI=1S/C30H33BrO5/c1-32-30-29(35-22-25-16-9-4-10-17-25)28(34-21-24-14-7-3-8-15-24)27(26(36-30)18-11-19-31)33-20-23-12-5-2-6-13-23/h2-18,26-30H,19-22H2,1H3/b18-11-/t26-,27+,28+,29-,30-/m1/s1. The number of hydrogen-bond acceptors (Lipinski definition) is 5. The fourth-order valence-corrected chi connectivity index (χ4v) is 4.44.